The van der Waals surface area contributed by atoms with Crippen LogP contribution >= 0.6 is 0 Å². The fourth-order valence-electron chi connectivity index (χ4n) is 2.39. The van der Waals surface area contributed by atoms with E-state index in [0.717, 1.165) is 4.57 Å². The van der Waals surface area contributed by atoms with Crippen molar-refractivity contribution in [1.82, 2.24) is 14.9 Å². The first-order valence-corrected chi connectivity index (χ1v) is 8.22. The predicted octanol–water partition coefficient (Wildman–Crippen LogP) is 1.81. The fraction of sp³-hybridized carbons (Fsp3) is 0.308. The van der Waals surface area contributed by atoms with Crippen LogP contribution in [0.5, 0.6) is 0 Å². The van der Waals surface area contributed by atoms with Crippen LogP contribution in [-0.2, 0) is 29.3 Å². The molecule has 0 aliphatic carbocycles. The van der Waals surface area contributed by atoms with Crippen molar-refractivity contribution in [3.05, 3.63) is 41.9 Å². The van der Waals surface area contributed by atoms with E-state index in [-0.39, 0.29) is 29.5 Å². The largest absolute Gasteiger partial charge is 0.449 e. The number of hydrogen-bond acceptors (Lipinski definition) is 4. The van der Waals surface area contributed by atoms with Gasteiger partial charge in [0.1, 0.15) is 0 Å². The van der Waals surface area contributed by atoms with E-state index in [2.05, 4.69) is 15.0 Å². The topological polar surface area (TPSA) is 76.0 Å². The molecule has 2 heterocycles. The van der Waals surface area contributed by atoms with Gasteiger partial charge >= 0.3 is 6.18 Å². The zero-order valence-corrected chi connectivity index (χ0v) is 12.6. The molecule has 0 fully saturated rings. The van der Waals surface area contributed by atoms with E-state index in [1.54, 1.807) is 6.07 Å². The Morgan fingerprint density at radius 2 is 1.91 bits per heavy atom. The van der Waals surface area contributed by atoms with E-state index >= 15 is 0 Å². The minimum atomic E-state index is -4.65. The Bertz CT molecular complexity index is 816. The van der Waals surface area contributed by atoms with E-state index in [0.29, 0.717) is 6.54 Å². The van der Waals surface area contributed by atoms with Crippen molar-refractivity contribution in [3.8, 4) is 0 Å². The van der Waals surface area contributed by atoms with Crippen LogP contribution in [0.25, 0.3) is 0 Å². The highest BCUT2D eigenvalue weighted by Crippen LogP contribution is 2.33. The van der Waals surface area contributed by atoms with Crippen LogP contribution < -0.4 is 10.0 Å². The SMILES string of the molecule is O=S(=O)(Nc1nc(C(F)(F)F)n2c1CNCC2)c1ccccc1. The van der Waals surface area contributed by atoms with Crippen molar-refractivity contribution in [2.75, 3.05) is 11.3 Å². The van der Waals surface area contributed by atoms with Gasteiger partial charge in [0, 0.05) is 19.6 Å². The number of halogens is 3. The fourth-order valence-corrected chi connectivity index (χ4v) is 3.44. The second-order valence-corrected chi connectivity index (χ2v) is 6.66. The summed E-state index contributed by atoms with van der Waals surface area (Å²) < 4.78 is 66.9. The van der Waals surface area contributed by atoms with Gasteiger partial charge in [-0.25, -0.2) is 13.4 Å². The molecule has 0 bridgehead atoms. The van der Waals surface area contributed by atoms with Gasteiger partial charge < -0.3 is 9.88 Å². The predicted molar refractivity (Wildman–Crippen MR) is 76.2 cm³/mol. The van der Waals surface area contributed by atoms with Crippen molar-refractivity contribution in [3.63, 3.8) is 0 Å². The van der Waals surface area contributed by atoms with Crippen molar-refractivity contribution in [1.29, 1.82) is 0 Å². The first-order chi connectivity index (χ1) is 10.8. The molecule has 0 unspecified atom stereocenters. The molecule has 124 valence electrons. The summed E-state index contributed by atoms with van der Waals surface area (Å²) in [7, 11) is -4.00. The third kappa shape index (κ3) is 3.04. The molecule has 0 saturated carbocycles. The van der Waals surface area contributed by atoms with Gasteiger partial charge in [-0.1, -0.05) is 18.2 Å². The van der Waals surface area contributed by atoms with Crippen molar-refractivity contribution < 1.29 is 21.6 Å². The quantitative estimate of drug-likeness (QED) is 0.889. The molecule has 2 N–H and O–H groups in total. The Morgan fingerprint density at radius 1 is 1.22 bits per heavy atom. The number of nitrogens with one attached hydrogen (secondary N) is 2. The highest BCUT2D eigenvalue weighted by molar-refractivity contribution is 7.92. The molecule has 1 aliphatic rings. The number of hydrogen-bond donors (Lipinski definition) is 2. The van der Waals surface area contributed by atoms with E-state index in [4.69, 9.17) is 0 Å². The lowest BCUT2D eigenvalue weighted by Crippen LogP contribution is -2.30. The number of fused-ring (bicyclic) bond motifs is 1. The molecular formula is C13H13F3N4O2S. The molecule has 6 nitrogen and oxygen atoms in total. The third-order valence-corrected chi connectivity index (χ3v) is 4.77. The standard InChI is InChI=1S/C13H13F3N4O2S/c14-13(15,16)12-18-11(10-8-17-6-7-20(10)12)19-23(21,22)9-4-2-1-3-5-9/h1-5,17,19H,6-8H2. The number of rotatable bonds is 3. The molecule has 0 spiro atoms. The lowest BCUT2D eigenvalue weighted by Gasteiger charge is -2.19. The average Bonchev–Trinajstić information content (AvgIpc) is 2.87. The Labute approximate surface area is 130 Å². The first-order valence-electron chi connectivity index (χ1n) is 6.74. The smallest absolute Gasteiger partial charge is 0.320 e. The van der Waals surface area contributed by atoms with Crippen LogP contribution in [0.15, 0.2) is 35.2 Å². The van der Waals surface area contributed by atoms with E-state index < -0.39 is 22.0 Å². The lowest BCUT2D eigenvalue weighted by molar-refractivity contribution is -0.147. The monoisotopic (exact) mass is 346 g/mol. The summed E-state index contributed by atoms with van der Waals surface area (Å²) in [4.78, 5) is 3.44. The molecule has 23 heavy (non-hydrogen) atoms. The summed E-state index contributed by atoms with van der Waals surface area (Å²) >= 11 is 0. The van der Waals surface area contributed by atoms with Gasteiger partial charge in [-0.3, -0.25) is 4.72 Å². The molecule has 0 radical (unpaired) electrons. The van der Waals surface area contributed by atoms with E-state index in [9.17, 15) is 21.6 Å². The minimum Gasteiger partial charge on any atom is -0.320 e. The maximum atomic E-state index is 13.1. The Hall–Kier alpha value is -2.07. The molecule has 0 saturated heterocycles. The van der Waals surface area contributed by atoms with E-state index in [1.807, 2.05) is 0 Å². The summed E-state index contributed by atoms with van der Waals surface area (Å²) in [6.45, 7) is 0.539. The number of alkyl halides is 3. The van der Waals surface area contributed by atoms with E-state index in [1.165, 1.54) is 24.3 Å². The maximum Gasteiger partial charge on any atom is 0.449 e. The molecule has 1 aromatic heterocycles. The van der Waals surface area contributed by atoms with Gasteiger partial charge in [0.15, 0.2) is 5.82 Å². The summed E-state index contributed by atoms with van der Waals surface area (Å²) in [6, 6.07) is 7.41. The van der Waals surface area contributed by atoms with Gasteiger partial charge in [-0.05, 0) is 12.1 Å². The summed E-state index contributed by atoms with van der Waals surface area (Å²) in [5, 5.41) is 2.91. The third-order valence-electron chi connectivity index (χ3n) is 3.42. The summed E-state index contributed by atoms with van der Waals surface area (Å²) in [6.07, 6.45) is -4.65. The molecule has 3 rings (SSSR count). The molecule has 0 amide bonds. The molecule has 1 aromatic carbocycles. The first kappa shape index (κ1) is 15.8. The molecular weight excluding hydrogens is 333 g/mol. The number of sulfonamides is 1. The van der Waals surface area contributed by atoms with Crippen LogP contribution in [0.3, 0.4) is 0 Å². The number of imidazole rings is 1. The molecule has 2 aromatic rings. The highest BCUT2D eigenvalue weighted by atomic mass is 32.2. The summed E-state index contributed by atoms with van der Waals surface area (Å²) in [5.74, 6) is -1.40. The van der Waals surface area contributed by atoms with Gasteiger partial charge in [0.05, 0.1) is 10.6 Å². The molecule has 10 heteroatoms. The van der Waals surface area contributed by atoms with Gasteiger partial charge in [-0.2, -0.15) is 13.2 Å². The van der Waals surface area contributed by atoms with Crippen LogP contribution in [0.4, 0.5) is 19.0 Å². The zero-order valence-electron chi connectivity index (χ0n) is 11.8. The van der Waals surface area contributed by atoms with Crippen molar-refractivity contribution in [2.45, 2.75) is 24.2 Å². The van der Waals surface area contributed by atoms with Gasteiger partial charge in [-0.15, -0.1) is 0 Å². The number of nitrogens with zero attached hydrogens (tertiary/aromatic N) is 2. The number of aromatic nitrogens is 2. The average molecular weight is 346 g/mol. The number of anilines is 1. The van der Waals surface area contributed by atoms with Crippen LogP contribution in [0, 0.1) is 0 Å². The Morgan fingerprint density at radius 3 is 2.57 bits per heavy atom. The lowest BCUT2D eigenvalue weighted by atomic mass is 10.3. The number of benzene rings is 1. The van der Waals surface area contributed by atoms with Gasteiger partial charge in [0.25, 0.3) is 10.0 Å². The van der Waals surface area contributed by atoms with Crippen LogP contribution in [0.1, 0.15) is 11.5 Å². The molecule has 0 atom stereocenters. The zero-order chi connectivity index (χ0) is 16.7. The summed E-state index contributed by atoms with van der Waals surface area (Å²) in [5.41, 5.74) is 0.170. The second-order valence-electron chi connectivity index (χ2n) is 4.98. The normalized spacial score (nSPS) is 15.3. The maximum absolute atomic E-state index is 13.1. The minimum absolute atomic E-state index is 0.0425. The highest BCUT2D eigenvalue weighted by Gasteiger charge is 2.40. The van der Waals surface area contributed by atoms with Crippen LogP contribution in [-0.4, -0.2) is 24.5 Å². The Kier molecular flexibility index (Phi) is 3.80. The van der Waals surface area contributed by atoms with Crippen LogP contribution in [0.2, 0.25) is 0 Å². The Balaban J connectivity index is 2.03. The van der Waals surface area contributed by atoms with Crippen molar-refractivity contribution in [2.24, 2.45) is 0 Å². The van der Waals surface area contributed by atoms with Gasteiger partial charge in [0.2, 0.25) is 5.82 Å². The second kappa shape index (κ2) is 5.53. The molecule has 1 aliphatic heterocycles. The van der Waals surface area contributed by atoms with Crippen molar-refractivity contribution >= 4 is 15.8 Å².